The summed E-state index contributed by atoms with van der Waals surface area (Å²) >= 11 is 0. The number of sulfonamides is 1. The van der Waals surface area contributed by atoms with Gasteiger partial charge in [-0.25, -0.2) is 8.42 Å². The van der Waals surface area contributed by atoms with Crippen LogP contribution in [0, 0.1) is 38.5 Å². The van der Waals surface area contributed by atoms with Gasteiger partial charge in [0.05, 0.1) is 4.90 Å². The summed E-state index contributed by atoms with van der Waals surface area (Å²) in [5.74, 6) is 2.49. The Balaban J connectivity index is 1.62. The molecule has 0 atom stereocenters. The largest absolute Gasteiger partial charge is 0.243 e. The highest BCUT2D eigenvalue weighted by Gasteiger charge is 2.32. The van der Waals surface area contributed by atoms with Crippen molar-refractivity contribution in [2.24, 2.45) is 17.8 Å². The minimum absolute atomic E-state index is 0.530. The molecule has 0 amide bonds. The fourth-order valence-corrected chi connectivity index (χ4v) is 7.01. The van der Waals surface area contributed by atoms with E-state index in [-0.39, 0.29) is 0 Å². The summed E-state index contributed by atoms with van der Waals surface area (Å²) in [5, 5.41) is 0. The van der Waals surface area contributed by atoms with Crippen molar-refractivity contribution in [3.05, 3.63) is 28.8 Å². The van der Waals surface area contributed by atoms with Crippen molar-refractivity contribution in [1.82, 2.24) is 4.31 Å². The van der Waals surface area contributed by atoms with Gasteiger partial charge in [0.25, 0.3) is 0 Å². The zero-order valence-electron chi connectivity index (χ0n) is 16.9. The van der Waals surface area contributed by atoms with E-state index in [1.807, 2.05) is 32.9 Å². The molecule has 2 fully saturated rings. The second kappa shape index (κ2) is 8.02. The van der Waals surface area contributed by atoms with E-state index in [0.29, 0.717) is 23.9 Å². The lowest BCUT2D eigenvalue weighted by Gasteiger charge is -2.35. The normalized spacial score (nSPS) is 26.2. The van der Waals surface area contributed by atoms with Gasteiger partial charge >= 0.3 is 0 Å². The SMILES string of the molecule is Cc1cc(C)c(S(=O)(=O)N2CCC(CC3CCC(C)CC3)CC2)c(C)c1. The minimum Gasteiger partial charge on any atom is -0.207 e. The minimum atomic E-state index is -3.37. The second-order valence-electron chi connectivity index (χ2n) is 8.94. The Kier molecular flexibility index (Phi) is 6.13. The van der Waals surface area contributed by atoms with Crippen LogP contribution in [0.5, 0.6) is 0 Å². The molecule has 0 radical (unpaired) electrons. The van der Waals surface area contributed by atoms with Gasteiger partial charge in [0.1, 0.15) is 0 Å². The van der Waals surface area contributed by atoms with Gasteiger partial charge in [0.2, 0.25) is 10.0 Å². The smallest absolute Gasteiger partial charge is 0.207 e. The number of hydrogen-bond acceptors (Lipinski definition) is 2. The van der Waals surface area contributed by atoms with Crippen LogP contribution >= 0.6 is 0 Å². The van der Waals surface area contributed by atoms with E-state index >= 15 is 0 Å². The van der Waals surface area contributed by atoms with Gasteiger partial charge in [-0.3, -0.25) is 0 Å². The molecule has 1 aliphatic carbocycles. The van der Waals surface area contributed by atoms with Crippen molar-refractivity contribution in [2.45, 2.75) is 77.5 Å². The lowest BCUT2D eigenvalue weighted by atomic mass is 9.77. The molecule has 1 saturated heterocycles. The first-order valence-corrected chi connectivity index (χ1v) is 11.8. The molecule has 1 aromatic rings. The lowest BCUT2D eigenvalue weighted by Crippen LogP contribution is -2.39. The highest BCUT2D eigenvalue weighted by molar-refractivity contribution is 7.89. The van der Waals surface area contributed by atoms with Gasteiger partial charge in [-0.1, -0.05) is 50.3 Å². The second-order valence-corrected chi connectivity index (χ2v) is 10.8. The summed E-state index contributed by atoms with van der Waals surface area (Å²) in [6.45, 7) is 9.60. The Morgan fingerprint density at radius 2 is 1.38 bits per heavy atom. The van der Waals surface area contributed by atoms with Gasteiger partial charge in [-0.05, 0) is 68.9 Å². The molecular formula is C22H35NO2S. The van der Waals surface area contributed by atoms with E-state index in [2.05, 4.69) is 6.92 Å². The molecule has 1 aromatic carbocycles. The van der Waals surface area contributed by atoms with Crippen molar-refractivity contribution in [1.29, 1.82) is 0 Å². The molecule has 26 heavy (non-hydrogen) atoms. The van der Waals surface area contributed by atoms with E-state index in [9.17, 15) is 8.42 Å². The number of nitrogens with zero attached hydrogens (tertiary/aromatic N) is 1. The van der Waals surface area contributed by atoms with Gasteiger partial charge in [-0.15, -0.1) is 0 Å². The van der Waals surface area contributed by atoms with Gasteiger partial charge in [-0.2, -0.15) is 4.31 Å². The van der Waals surface area contributed by atoms with E-state index in [4.69, 9.17) is 0 Å². The maximum Gasteiger partial charge on any atom is 0.243 e. The average molecular weight is 378 g/mol. The molecule has 0 N–H and O–H groups in total. The number of hydrogen-bond donors (Lipinski definition) is 0. The predicted molar refractivity (Wildman–Crippen MR) is 108 cm³/mol. The van der Waals surface area contributed by atoms with Crippen LogP contribution in [0.1, 0.15) is 68.6 Å². The molecule has 0 unspecified atom stereocenters. The zero-order chi connectivity index (χ0) is 18.9. The summed E-state index contributed by atoms with van der Waals surface area (Å²) in [7, 11) is -3.37. The Labute approximate surface area is 160 Å². The standard InChI is InChI=1S/C22H35NO2S/c1-16-5-7-20(8-6-16)15-21-9-11-23(12-10-21)26(24,25)22-18(3)13-17(2)14-19(22)4/h13-14,16,20-21H,5-12,15H2,1-4H3. The molecule has 1 saturated carbocycles. The summed E-state index contributed by atoms with van der Waals surface area (Å²) in [6, 6.07) is 3.97. The molecule has 2 aliphatic rings. The summed E-state index contributed by atoms with van der Waals surface area (Å²) in [4.78, 5) is 0.530. The number of piperidine rings is 1. The third-order valence-electron chi connectivity index (χ3n) is 6.58. The fraction of sp³-hybridized carbons (Fsp3) is 0.727. The third-order valence-corrected chi connectivity index (χ3v) is 8.78. The Hall–Kier alpha value is -0.870. The Morgan fingerprint density at radius 1 is 0.885 bits per heavy atom. The number of benzene rings is 1. The van der Waals surface area contributed by atoms with Crippen molar-refractivity contribution >= 4 is 10.0 Å². The molecule has 0 bridgehead atoms. The molecule has 0 aromatic heterocycles. The molecule has 1 heterocycles. The van der Waals surface area contributed by atoms with Crippen LogP contribution in [0.15, 0.2) is 17.0 Å². The first-order chi connectivity index (χ1) is 12.3. The molecule has 4 heteroatoms. The third kappa shape index (κ3) is 4.33. The van der Waals surface area contributed by atoms with E-state index < -0.39 is 10.0 Å². The monoisotopic (exact) mass is 377 g/mol. The van der Waals surface area contributed by atoms with Crippen molar-refractivity contribution in [3.63, 3.8) is 0 Å². The van der Waals surface area contributed by atoms with E-state index in [1.54, 1.807) is 4.31 Å². The van der Waals surface area contributed by atoms with Crippen LogP contribution < -0.4 is 0 Å². The van der Waals surface area contributed by atoms with Gasteiger partial charge < -0.3 is 0 Å². The number of rotatable bonds is 4. The van der Waals surface area contributed by atoms with Crippen LogP contribution in [0.4, 0.5) is 0 Å². The quantitative estimate of drug-likeness (QED) is 0.720. The van der Waals surface area contributed by atoms with Crippen LogP contribution in [-0.2, 0) is 10.0 Å². The van der Waals surface area contributed by atoms with E-state index in [1.165, 1.54) is 32.1 Å². The van der Waals surface area contributed by atoms with Gasteiger partial charge in [0, 0.05) is 13.1 Å². The van der Waals surface area contributed by atoms with Crippen LogP contribution in [-0.4, -0.2) is 25.8 Å². The first kappa shape index (κ1) is 19.9. The van der Waals surface area contributed by atoms with Crippen molar-refractivity contribution in [2.75, 3.05) is 13.1 Å². The highest BCUT2D eigenvalue weighted by atomic mass is 32.2. The Morgan fingerprint density at radius 3 is 1.92 bits per heavy atom. The van der Waals surface area contributed by atoms with Crippen molar-refractivity contribution in [3.8, 4) is 0 Å². The van der Waals surface area contributed by atoms with Crippen LogP contribution in [0.3, 0.4) is 0 Å². The first-order valence-electron chi connectivity index (χ1n) is 10.4. The molecule has 3 nitrogen and oxygen atoms in total. The van der Waals surface area contributed by atoms with Crippen LogP contribution in [0.25, 0.3) is 0 Å². The van der Waals surface area contributed by atoms with Crippen LogP contribution in [0.2, 0.25) is 0 Å². The maximum absolute atomic E-state index is 13.2. The maximum atomic E-state index is 13.2. The number of aryl methyl sites for hydroxylation is 3. The summed E-state index contributed by atoms with van der Waals surface area (Å²) < 4.78 is 28.1. The topological polar surface area (TPSA) is 37.4 Å². The highest BCUT2D eigenvalue weighted by Crippen LogP contribution is 2.36. The van der Waals surface area contributed by atoms with E-state index in [0.717, 1.165) is 41.4 Å². The molecular weight excluding hydrogens is 342 g/mol. The zero-order valence-corrected chi connectivity index (χ0v) is 17.7. The molecule has 3 rings (SSSR count). The molecule has 146 valence electrons. The fourth-order valence-electron chi connectivity index (χ4n) is 5.12. The summed E-state index contributed by atoms with van der Waals surface area (Å²) in [6.07, 6.45) is 8.87. The molecule has 0 spiro atoms. The predicted octanol–water partition coefficient (Wildman–Crippen LogP) is 5.23. The lowest BCUT2D eigenvalue weighted by molar-refractivity contribution is 0.198. The average Bonchev–Trinajstić information content (AvgIpc) is 2.56. The van der Waals surface area contributed by atoms with Crippen molar-refractivity contribution < 1.29 is 8.42 Å². The van der Waals surface area contributed by atoms with Gasteiger partial charge in [0.15, 0.2) is 0 Å². The Bertz CT molecular complexity index is 702. The summed E-state index contributed by atoms with van der Waals surface area (Å²) in [5.41, 5.74) is 2.88. The molecule has 1 aliphatic heterocycles.